The minimum atomic E-state index is -0.410. The van der Waals surface area contributed by atoms with Crippen molar-refractivity contribution in [3.8, 4) is 0 Å². The Bertz CT molecular complexity index is 393. The average Bonchev–Trinajstić information content (AvgIpc) is 2.79. The van der Waals surface area contributed by atoms with E-state index in [9.17, 15) is 9.18 Å². The van der Waals surface area contributed by atoms with Crippen molar-refractivity contribution in [2.75, 3.05) is 6.54 Å². The average molecular weight is 235 g/mol. The van der Waals surface area contributed by atoms with Crippen LogP contribution in [-0.2, 0) is 0 Å². The van der Waals surface area contributed by atoms with Gasteiger partial charge in [0, 0.05) is 5.56 Å². The van der Waals surface area contributed by atoms with Crippen LogP contribution in [0.4, 0.5) is 4.39 Å². The zero-order valence-electron chi connectivity index (χ0n) is 10.1. The highest BCUT2D eigenvalue weighted by atomic mass is 19.1. The van der Waals surface area contributed by atoms with Crippen LogP contribution in [0.25, 0.3) is 0 Å². The fourth-order valence-electron chi connectivity index (χ4n) is 2.63. The van der Waals surface area contributed by atoms with Crippen molar-refractivity contribution in [1.82, 2.24) is 5.32 Å². The lowest BCUT2D eigenvalue weighted by Gasteiger charge is -2.27. The van der Waals surface area contributed by atoms with Crippen LogP contribution in [0.3, 0.4) is 0 Å². The molecule has 2 nitrogen and oxygen atoms in total. The zero-order valence-corrected chi connectivity index (χ0v) is 10.1. The number of rotatable bonds is 4. The first kappa shape index (κ1) is 12.2. The molecular weight excluding hydrogens is 217 g/mol. The van der Waals surface area contributed by atoms with Gasteiger partial charge in [-0.3, -0.25) is 4.79 Å². The maximum Gasteiger partial charge on any atom is 0.182 e. The van der Waals surface area contributed by atoms with Gasteiger partial charge in [-0.1, -0.05) is 13.3 Å². The Hall–Kier alpha value is -1.22. The van der Waals surface area contributed by atoms with Gasteiger partial charge in [0.05, 0.1) is 5.54 Å². The summed E-state index contributed by atoms with van der Waals surface area (Å²) in [6.45, 7) is 2.98. The molecular formula is C14H18FNO. The van der Waals surface area contributed by atoms with E-state index in [0.29, 0.717) is 5.56 Å². The molecule has 0 aliphatic carbocycles. The Kier molecular flexibility index (Phi) is 3.57. The number of carbonyl (C=O) groups is 1. The predicted octanol–water partition coefficient (Wildman–Crippen LogP) is 2.93. The van der Waals surface area contributed by atoms with Gasteiger partial charge in [-0.05, 0) is 50.1 Å². The first-order valence-corrected chi connectivity index (χ1v) is 6.23. The quantitative estimate of drug-likeness (QED) is 0.813. The molecule has 1 heterocycles. The molecule has 0 bridgehead atoms. The molecule has 1 fully saturated rings. The molecule has 1 aromatic rings. The van der Waals surface area contributed by atoms with Crippen molar-refractivity contribution in [1.29, 1.82) is 0 Å². The van der Waals surface area contributed by atoms with Gasteiger partial charge in [-0.25, -0.2) is 4.39 Å². The van der Waals surface area contributed by atoms with Crippen molar-refractivity contribution >= 4 is 5.78 Å². The van der Waals surface area contributed by atoms with Crippen molar-refractivity contribution in [3.63, 3.8) is 0 Å². The first-order chi connectivity index (χ1) is 8.18. The minimum absolute atomic E-state index is 0.108. The third-order valence-electron chi connectivity index (χ3n) is 3.46. The second kappa shape index (κ2) is 4.96. The van der Waals surface area contributed by atoms with Crippen molar-refractivity contribution in [3.05, 3.63) is 35.6 Å². The van der Waals surface area contributed by atoms with E-state index in [0.717, 1.165) is 32.2 Å². The molecule has 1 atom stereocenters. The van der Waals surface area contributed by atoms with Crippen LogP contribution in [-0.4, -0.2) is 17.9 Å². The van der Waals surface area contributed by atoms with Crippen LogP contribution >= 0.6 is 0 Å². The highest BCUT2D eigenvalue weighted by Gasteiger charge is 2.40. The van der Waals surface area contributed by atoms with E-state index in [-0.39, 0.29) is 11.6 Å². The molecule has 1 saturated heterocycles. The number of hydrogen-bond acceptors (Lipinski definition) is 2. The number of benzene rings is 1. The van der Waals surface area contributed by atoms with Crippen LogP contribution in [0, 0.1) is 5.82 Å². The Balaban J connectivity index is 2.25. The van der Waals surface area contributed by atoms with Crippen molar-refractivity contribution in [2.24, 2.45) is 0 Å². The second-order valence-electron chi connectivity index (χ2n) is 4.70. The molecule has 0 amide bonds. The van der Waals surface area contributed by atoms with E-state index in [2.05, 4.69) is 12.2 Å². The maximum absolute atomic E-state index is 12.8. The summed E-state index contributed by atoms with van der Waals surface area (Å²) in [5.74, 6) is -0.192. The number of hydrogen-bond donors (Lipinski definition) is 1. The van der Waals surface area contributed by atoms with E-state index in [4.69, 9.17) is 0 Å². The summed E-state index contributed by atoms with van der Waals surface area (Å²) in [7, 11) is 0. The Morgan fingerprint density at radius 2 is 2.12 bits per heavy atom. The molecule has 1 aliphatic rings. The molecule has 92 valence electrons. The first-order valence-electron chi connectivity index (χ1n) is 6.23. The fraction of sp³-hybridized carbons (Fsp3) is 0.500. The summed E-state index contributed by atoms with van der Waals surface area (Å²) >= 11 is 0. The van der Waals surface area contributed by atoms with E-state index >= 15 is 0 Å². The van der Waals surface area contributed by atoms with Crippen LogP contribution in [0.15, 0.2) is 24.3 Å². The monoisotopic (exact) mass is 235 g/mol. The molecule has 1 N–H and O–H groups in total. The number of carbonyl (C=O) groups excluding carboxylic acids is 1. The molecule has 2 rings (SSSR count). The lowest BCUT2D eigenvalue weighted by Crippen LogP contribution is -2.47. The zero-order chi connectivity index (χ0) is 12.3. The van der Waals surface area contributed by atoms with Gasteiger partial charge in [-0.15, -0.1) is 0 Å². The third kappa shape index (κ3) is 2.39. The topological polar surface area (TPSA) is 29.1 Å². The maximum atomic E-state index is 12.8. The Morgan fingerprint density at radius 1 is 1.41 bits per heavy atom. The van der Waals surface area contributed by atoms with Gasteiger partial charge < -0.3 is 5.32 Å². The minimum Gasteiger partial charge on any atom is -0.305 e. The molecule has 0 radical (unpaired) electrons. The summed E-state index contributed by atoms with van der Waals surface area (Å²) in [4.78, 5) is 12.5. The second-order valence-corrected chi connectivity index (χ2v) is 4.70. The lowest BCUT2D eigenvalue weighted by molar-refractivity contribution is 0.0857. The molecule has 3 heteroatoms. The molecule has 1 unspecified atom stereocenters. The number of ketones is 1. The molecule has 0 spiro atoms. The standard InChI is InChI=1S/C14H18FNO/c1-2-8-14(9-3-10-16-14)13(17)11-4-6-12(15)7-5-11/h4-7,16H,2-3,8-10H2,1H3. The predicted molar refractivity (Wildman–Crippen MR) is 65.6 cm³/mol. The highest BCUT2D eigenvalue weighted by molar-refractivity contribution is 6.03. The SMILES string of the molecule is CCCC1(C(=O)c2ccc(F)cc2)CCCN1. The molecule has 1 aromatic carbocycles. The largest absolute Gasteiger partial charge is 0.305 e. The Morgan fingerprint density at radius 3 is 2.65 bits per heavy atom. The molecule has 17 heavy (non-hydrogen) atoms. The number of Topliss-reactive ketones (excluding diaryl/α,β-unsaturated/α-hetero) is 1. The van der Waals surface area contributed by atoms with E-state index < -0.39 is 5.54 Å². The fourth-order valence-corrected chi connectivity index (χ4v) is 2.63. The summed E-state index contributed by atoms with van der Waals surface area (Å²) in [5.41, 5.74) is 0.196. The molecule has 0 saturated carbocycles. The van der Waals surface area contributed by atoms with Gasteiger partial charge in [0.2, 0.25) is 0 Å². The van der Waals surface area contributed by atoms with Gasteiger partial charge in [0.25, 0.3) is 0 Å². The van der Waals surface area contributed by atoms with Crippen LogP contribution in [0.1, 0.15) is 43.0 Å². The Labute approximate surface area is 101 Å². The third-order valence-corrected chi connectivity index (χ3v) is 3.46. The van der Waals surface area contributed by atoms with Crippen molar-refractivity contribution < 1.29 is 9.18 Å². The van der Waals surface area contributed by atoms with E-state index in [1.165, 1.54) is 12.1 Å². The van der Waals surface area contributed by atoms with Gasteiger partial charge >= 0.3 is 0 Å². The van der Waals surface area contributed by atoms with Gasteiger partial charge in [0.15, 0.2) is 5.78 Å². The van der Waals surface area contributed by atoms with Gasteiger partial charge in [-0.2, -0.15) is 0 Å². The lowest BCUT2D eigenvalue weighted by atomic mass is 9.84. The molecule has 0 aromatic heterocycles. The van der Waals surface area contributed by atoms with Crippen LogP contribution in [0.2, 0.25) is 0 Å². The van der Waals surface area contributed by atoms with Crippen LogP contribution < -0.4 is 5.32 Å². The smallest absolute Gasteiger partial charge is 0.182 e. The summed E-state index contributed by atoms with van der Waals surface area (Å²) in [5, 5.41) is 3.34. The van der Waals surface area contributed by atoms with E-state index in [1.54, 1.807) is 12.1 Å². The van der Waals surface area contributed by atoms with Crippen molar-refractivity contribution in [2.45, 2.75) is 38.1 Å². The normalized spacial score (nSPS) is 23.9. The number of nitrogens with one attached hydrogen (secondary N) is 1. The highest BCUT2D eigenvalue weighted by Crippen LogP contribution is 2.28. The summed E-state index contributed by atoms with van der Waals surface area (Å²) < 4.78 is 12.8. The summed E-state index contributed by atoms with van der Waals surface area (Å²) in [6, 6.07) is 5.85. The van der Waals surface area contributed by atoms with Gasteiger partial charge in [0.1, 0.15) is 5.82 Å². The summed E-state index contributed by atoms with van der Waals surface area (Å²) in [6.07, 6.45) is 3.74. The number of halogens is 1. The van der Waals surface area contributed by atoms with E-state index in [1.807, 2.05) is 0 Å². The van der Waals surface area contributed by atoms with Crippen LogP contribution in [0.5, 0.6) is 0 Å². The molecule has 1 aliphatic heterocycles.